The summed E-state index contributed by atoms with van der Waals surface area (Å²) in [7, 11) is 0. The number of benzene rings is 2. The quantitative estimate of drug-likeness (QED) is 0.244. The lowest BCUT2D eigenvalue weighted by molar-refractivity contribution is -0.0379. The number of hydrogen-bond donors (Lipinski definition) is 0. The largest absolute Gasteiger partial charge is 0.370 e. The molecule has 0 atom stereocenters. The summed E-state index contributed by atoms with van der Waals surface area (Å²) in [6, 6.07) is 15.8. The monoisotopic (exact) mass is 482 g/mol. The summed E-state index contributed by atoms with van der Waals surface area (Å²) in [5.74, 6) is 0.630. The van der Waals surface area contributed by atoms with E-state index in [1.54, 1.807) is 15.9 Å². The van der Waals surface area contributed by atoms with Crippen molar-refractivity contribution in [3.05, 3.63) is 85.5 Å². The SMILES string of the molecule is Cc1cccc(-n2c(SCc3ccccc3Cl)nc3sc4c(c3c2=O)CC(C)(C)OC4)c1. The Hall–Kier alpha value is -2.12. The summed E-state index contributed by atoms with van der Waals surface area (Å²) in [6.07, 6.45) is 0.708. The summed E-state index contributed by atoms with van der Waals surface area (Å²) < 4.78 is 7.75. The Kier molecular flexibility index (Phi) is 5.66. The van der Waals surface area contributed by atoms with Crippen LogP contribution in [-0.4, -0.2) is 15.2 Å². The van der Waals surface area contributed by atoms with E-state index in [0.717, 1.165) is 42.5 Å². The lowest BCUT2D eigenvalue weighted by atomic mass is 9.94. The summed E-state index contributed by atoms with van der Waals surface area (Å²) in [6.45, 7) is 6.69. The second-order valence-electron chi connectivity index (χ2n) is 8.66. The Morgan fingerprint density at radius 2 is 2.03 bits per heavy atom. The van der Waals surface area contributed by atoms with Gasteiger partial charge >= 0.3 is 0 Å². The van der Waals surface area contributed by atoms with Gasteiger partial charge in [0.2, 0.25) is 0 Å². The van der Waals surface area contributed by atoms with Gasteiger partial charge < -0.3 is 4.74 Å². The maximum atomic E-state index is 13.9. The van der Waals surface area contributed by atoms with E-state index in [1.807, 2.05) is 55.5 Å². The summed E-state index contributed by atoms with van der Waals surface area (Å²) in [5.41, 5.74) is 3.72. The van der Waals surface area contributed by atoms with Gasteiger partial charge in [0.1, 0.15) is 4.83 Å². The molecule has 4 aromatic rings. The number of hydrogen-bond acceptors (Lipinski definition) is 5. The molecule has 7 heteroatoms. The molecular formula is C25H23ClN2O2S2. The van der Waals surface area contributed by atoms with Crippen molar-refractivity contribution in [2.75, 3.05) is 0 Å². The van der Waals surface area contributed by atoms with E-state index in [-0.39, 0.29) is 11.2 Å². The minimum Gasteiger partial charge on any atom is -0.370 e. The number of halogens is 1. The van der Waals surface area contributed by atoms with Gasteiger partial charge in [-0.3, -0.25) is 9.36 Å². The normalized spacial score (nSPS) is 15.1. The minimum atomic E-state index is -0.293. The molecule has 0 bridgehead atoms. The fraction of sp³-hybridized carbons (Fsp3) is 0.280. The van der Waals surface area contributed by atoms with Gasteiger partial charge in [-0.2, -0.15) is 0 Å². The molecule has 0 saturated heterocycles. The van der Waals surface area contributed by atoms with Gasteiger partial charge in [-0.05, 0) is 55.7 Å². The highest BCUT2D eigenvalue weighted by Gasteiger charge is 2.31. The van der Waals surface area contributed by atoms with Crippen molar-refractivity contribution in [2.24, 2.45) is 0 Å². The molecule has 0 unspecified atom stereocenters. The van der Waals surface area contributed by atoms with E-state index in [0.29, 0.717) is 23.9 Å². The molecule has 0 N–H and O–H groups in total. The van der Waals surface area contributed by atoms with Gasteiger partial charge in [-0.25, -0.2) is 4.98 Å². The van der Waals surface area contributed by atoms with Gasteiger partial charge in [0.25, 0.3) is 5.56 Å². The Labute approximate surface area is 200 Å². The zero-order valence-electron chi connectivity index (χ0n) is 18.1. The fourth-order valence-corrected chi connectivity index (χ4v) is 6.47. The molecular weight excluding hydrogens is 460 g/mol. The minimum absolute atomic E-state index is 0.0162. The average Bonchev–Trinajstić information content (AvgIpc) is 3.10. The van der Waals surface area contributed by atoms with Crippen LogP contribution >= 0.6 is 34.7 Å². The highest BCUT2D eigenvalue weighted by atomic mass is 35.5. The smallest absolute Gasteiger partial charge is 0.267 e. The topological polar surface area (TPSA) is 44.1 Å². The van der Waals surface area contributed by atoms with Gasteiger partial charge in [-0.1, -0.05) is 53.7 Å². The molecule has 4 nitrogen and oxygen atoms in total. The van der Waals surface area contributed by atoms with Crippen molar-refractivity contribution >= 4 is 44.9 Å². The maximum Gasteiger partial charge on any atom is 0.267 e. The number of aryl methyl sites for hydroxylation is 1. The highest BCUT2D eigenvalue weighted by Crippen LogP contribution is 2.38. The Bertz CT molecular complexity index is 1390. The first-order valence-electron chi connectivity index (χ1n) is 10.5. The highest BCUT2D eigenvalue weighted by molar-refractivity contribution is 7.98. The van der Waals surface area contributed by atoms with Crippen LogP contribution in [-0.2, 0) is 23.5 Å². The van der Waals surface area contributed by atoms with Crippen LogP contribution in [0.25, 0.3) is 15.9 Å². The first-order valence-corrected chi connectivity index (χ1v) is 12.6. The van der Waals surface area contributed by atoms with E-state index in [9.17, 15) is 4.79 Å². The van der Waals surface area contributed by atoms with E-state index >= 15 is 0 Å². The second kappa shape index (κ2) is 8.34. The van der Waals surface area contributed by atoms with Crippen LogP contribution in [0.2, 0.25) is 5.02 Å². The van der Waals surface area contributed by atoms with Crippen LogP contribution < -0.4 is 5.56 Å². The zero-order valence-corrected chi connectivity index (χ0v) is 20.5. The van der Waals surface area contributed by atoms with Gasteiger partial charge in [0, 0.05) is 22.1 Å². The predicted molar refractivity (Wildman–Crippen MR) is 134 cm³/mol. The van der Waals surface area contributed by atoms with Crippen molar-refractivity contribution in [3.63, 3.8) is 0 Å². The molecule has 0 spiro atoms. The van der Waals surface area contributed by atoms with E-state index in [1.165, 1.54) is 11.8 Å². The first-order chi connectivity index (χ1) is 15.3. The number of ether oxygens (including phenoxy) is 1. The Balaban J connectivity index is 1.69. The predicted octanol–water partition coefficient (Wildman–Crippen LogP) is 6.55. The summed E-state index contributed by atoms with van der Waals surface area (Å²) >= 11 is 9.48. The fourth-order valence-electron chi connectivity index (χ4n) is 4.02. The molecule has 2 aromatic heterocycles. The zero-order chi connectivity index (χ0) is 22.5. The maximum absolute atomic E-state index is 13.9. The molecule has 0 radical (unpaired) electrons. The first kappa shape index (κ1) is 21.7. The number of fused-ring (bicyclic) bond motifs is 3. The van der Waals surface area contributed by atoms with Gasteiger partial charge in [-0.15, -0.1) is 11.3 Å². The van der Waals surface area contributed by atoms with Crippen molar-refractivity contribution < 1.29 is 4.74 Å². The third kappa shape index (κ3) is 4.01. The third-order valence-corrected chi connectivity index (χ3v) is 8.10. The number of thioether (sulfide) groups is 1. The van der Waals surface area contributed by atoms with E-state index < -0.39 is 0 Å². The Morgan fingerprint density at radius 1 is 1.22 bits per heavy atom. The van der Waals surface area contributed by atoms with Crippen LogP contribution in [0.5, 0.6) is 0 Å². The van der Waals surface area contributed by atoms with Crippen LogP contribution in [0.4, 0.5) is 0 Å². The van der Waals surface area contributed by atoms with Crippen LogP contribution in [0, 0.1) is 6.92 Å². The number of nitrogens with zero attached hydrogens (tertiary/aromatic N) is 2. The van der Waals surface area contributed by atoms with Crippen molar-refractivity contribution in [3.8, 4) is 5.69 Å². The lowest BCUT2D eigenvalue weighted by Gasteiger charge is -2.29. The summed E-state index contributed by atoms with van der Waals surface area (Å²) in [5, 5.41) is 2.12. The molecule has 0 saturated carbocycles. The summed E-state index contributed by atoms with van der Waals surface area (Å²) in [4.78, 5) is 20.8. The van der Waals surface area contributed by atoms with Crippen molar-refractivity contribution in [2.45, 2.75) is 50.3 Å². The third-order valence-electron chi connectivity index (χ3n) is 5.65. The molecule has 0 amide bonds. The number of thiophene rings is 1. The lowest BCUT2D eigenvalue weighted by Crippen LogP contribution is -2.32. The molecule has 164 valence electrons. The average molecular weight is 483 g/mol. The number of rotatable bonds is 4. The Morgan fingerprint density at radius 3 is 2.81 bits per heavy atom. The van der Waals surface area contributed by atoms with E-state index in [4.69, 9.17) is 21.3 Å². The van der Waals surface area contributed by atoms with E-state index in [2.05, 4.69) is 13.8 Å². The molecule has 3 heterocycles. The molecule has 1 aliphatic heterocycles. The van der Waals surface area contributed by atoms with Gasteiger partial charge in [0.05, 0.1) is 23.3 Å². The standard InChI is InChI=1S/C25H23ClN2O2S2/c1-15-7-6-9-17(11-15)28-23(29)21-18-12-25(2,3)30-13-20(18)32-22(21)27-24(28)31-14-16-8-4-5-10-19(16)26/h4-11H,12-14H2,1-3H3. The van der Waals surface area contributed by atoms with Crippen LogP contribution in [0.3, 0.4) is 0 Å². The molecule has 0 fully saturated rings. The van der Waals surface area contributed by atoms with Crippen molar-refractivity contribution in [1.29, 1.82) is 0 Å². The van der Waals surface area contributed by atoms with Crippen LogP contribution in [0.15, 0.2) is 58.5 Å². The molecule has 1 aliphatic rings. The number of aromatic nitrogens is 2. The molecule has 2 aromatic carbocycles. The molecule has 32 heavy (non-hydrogen) atoms. The van der Waals surface area contributed by atoms with Gasteiger partial charge in [0.15, 0.2) is 5.16 Å². The second-order valence-corrected chi connectivity index (χ2v) is 11.1. The van der Waals surface area contributed by atoms with Crippen molar-refractivity contribution in [1.82, 2.24) is 9.55 Å². The molecule has 5 rings (SSSR count). The molecule has 0 aliphatic carbocycles. The van der Waals surface area contributed by atoms with Crippen LogP contribution in [0.1, 0.15) is 35.4 Å².